The number of nitrogens with zero attached hydrogens (tertiary/aromatic N) is 1. The van der Waals surface area contributed by atoms with Gasteiger partial charge in [-0.25, -0.2) is 4.98 Å². The third kappa shape index (κ3) is 3.06. The second kappa shape index (κ2) is 5.71. The molecule has 0 radical (unpaired) electrons. The van der Waals surface area contributed by atoms with Crippen LogP contribution < -0.4 is 5.32 Å². The number of thiazole rings is 1. The van der Waals surface area contributed by atoms with E-state index in [1.807, 2.05) is 11.8 Å². The molecule has 4 heteroatoms. The summed E-state index contributed by atoms with van der Waals surface area (Å²) in [6, 6.07) is 7.10. The van der Waals surface area contributed by atoms with Gasteiger partial charge in [0.15, 0.2) is 5.13 Å². The Morgan fingerprint density at radius 1 is 1.26 bits per heavy atom. The lowest BCUT2D eigenvalue weighted by Gasteiger charge is -2.27. The predicted molar refractivity (Wildman–Crippen MR) is 87.5 cm³/mol. The van der Waals surface area contributed by atoms with Gasteiger partial charge in [-0.1, -0.05) is 17.4 Å². The molecule has 0 aliphatic heterocycles. The summed E-state index contributed by atoms with van der Waals surface area (Å²) in [4.78, 5) is 4.69. The van der Waals surface area contributed by atoms with Gasteiger partial charge in [0.25, 0.3) is 0 Å². The van der Waals surface area contributed by atoms with Gasteiger partial charge >= 0.3 is 0 Å². The first kappa shape index (κ1) is 13.3. The van der Waals surface area contributed by atoms with E-state index < -0.39 is 0 Å². The van der Waals surface area contributed by atoms with Gasteiger partial charge < -0.3 is 5.32 Å². The van der Waals surface area contributed by atoms with Crippen molar-refractivity contribution in [3.05, 3.63) is 23.8 Å². The molecule has 102 valence electrons. The van der Waals surface area contributed by atoms with Crippen LogP contribution >= 0.6 is 23.1 Å². The maximum absolute atomic E-state index is 4.69. The molecule has 2 nitrogen and oxygen atoms in total. The number of hydrogen-bond donors (Lipinski definition) is 1. The highest BCUT2D eigenvalue weighted by Gasteiger charge is 2.21. The lowest BCUT2D eigenvalue weighted by Crippen LogP contribution is -2.26. The zero-order valence-corrected chi connectivity index (χ0v) is 13.1. The Bertz CT molecular complexity index is 556. The summed E-state index contributed by atoms with van der Waals surface area (Å²) < 4.78 is 1.29. The average Bonchev–Trinajstić information content (AvgIpc) is 2.81. The van der Waals surface area contributed by atoms with Crippen molar-refractivity contribution in [2.24, 2.45) is 0 Å². The molecule has 19 heavy (non-hydrogen) atoms. The molecule has 2 aromatic rings. The predicted octanol–water partition coefficient (Wildman–Crippen LogP) is 4.69. The normalized spacial score (nSPS) is 23.7. The molecule has 1 aliphatic rings. The van der Waals surface area contributed by atoms with Crippen LogP contribution in [0.2, 0.25) is 0 Å². The van der Waals surface area contributed by atoms with Crippen LogP contribution in [0.1, 0.15) is 31.2 Å². The molecule has 1 fully saturated rings. The maximum atomic E-state index is 4.69. The highest BCUT2D eigenvalue weighted by molar-refractivity contribution is 7.99. The Kier molecular flexibility index (Phi) is 3.99. The molecule has 1 saturated carbocycles. The van der Waals surface area contributed by atoms with Crippen LogP contribution in [0.3, 0.4) is 0 Å². The molecular weight excluding hydrogens is 272 g/mol. The van der Waals surface area contributed by atoms with Gasteiger partial charge in [-0.2, -0.15) is 11.8 Å². The third-order valence-electron chi connectivity index (χ3n) is 3.88. The van der Waals surface area contributed by atoms with Gasteiger partial charge in [0.05, 0.1) is 10.2 Å². The topological polar surface area (TPSA) is 24.9 Å². The Balaban J connectivity index is 1.68. The van der Waals surface area contributed by atoms with Gasteiger partial charge in [-0.05, 0) is 56.6 Å². The maximum Gasteiger partial charge on any atom is 0.184 e. The van der Waals surface area contributed by atoms with Crippen molar-refractivity contribution in [1.82, 2.24) is 4.98 Å². The first-order valence-corrected chi connectivity index (χ1v) is 9.01. The van der Waals surface area contributed by atoms with Crippen LogP contribution in [0.15, 0.2) is 18.2 Å². The van der Waals surface area contributed by atoms with Crippen molar-refractivity contribution in [2.45, 2.75) is 43.9 Å². The van der Waals surface area contributed by atoms with Crippen molar-refractivity contribution < 1.29 is 0 Å². The largest absolute Gasteiger partial charge is 0.359 e. The second-order valence-corrected chi connectivity index (χ2v) is 7.51. The minimum atomic E-state index is 0.616. The van der Waals surface area contributed by atoms with Crippen molar-refractivity contribution in [3.8, 4) is 0 Å². The summed E-state index contributed by atoms with van der Waals surface area (Å²) >= 11 is 3.80. The van der Waals surface area contributed by atoms with Crippen LogP contribution in [0.25, 0.3) is 10.2 Å². The number of hydrogen-bond acceptors (Lipinski definition) is 4. The quantitative estimate of drug-likeness (QED) is 0.888. The van der Waals surface area contributed by atoms with E-state index in [-0.39, 0.29) is 0 Å². The summed E-state index contributed by atoms with van der Waals surface area (Å²) in [6.45, 7) is 2.13. The fourth-order valence-corrected chi connectivity index (χ4v) is 4.50. The molecule has 1 aromatic heterocycles. The fourth-order valence-electron chi connectivity index (χ4n) is 2.71. The number of nitrogens with one attached hydrogen (secondary N) is 1. The van der Waals surface area contributed by atoms with Crippen molar-refractivity contribution in [2.75, 3.05) is 11.6 Å². The van der Waals surface area contributed by atoms with E-state index >= 15 is 0 Å². The zero-order valence-electron chi connectivity index (χ0n) is 11.5. The molecule has 3 rings (SSSR count). The fraction of sp³-hybridized carbons (Fsp3) is 0.533. The Hall–Kier alpha value is -0.740. The monoisotopic (exact) mass is 292 g/mol. The van der Waals surface area contributed by atoms with Gasteiger partial charge in [-0.3, -0.25) is 0 Å². The highest BCUT2D eigenvalue weighted by atomic mass is 32.2. The molecule has 1 heterocycles. The molecule has 0 unspecified atom stereocenters. The first-order chi connectivity index (χ1) is 9.24. The number of fused-ring (bicyclic) bond motifs is 1. The van der Waals surface area contributed by atoms with E-state index in [4.69, 9.17) is 0 Å². The number of benzene rings is 1. The molecule has 0 atom stereocenters. The molecular formula is C15H20N2S2. The molecule has 0 amide bonds. The summed E-state index contributed by atoms with van der Waals surface area (Å²) in [5.41, 5.74) is 2.43. The Labute approximate surface area is 123 Å². The van der Waals surface area contributed by atoms with Gasteiger partial charge in [-0.15, -0.1) is 0 Å². The van der Waals surface area contributed by atoms with Crippen LogP contribution in [0.5, 0.6) is 0 Å². The van der Waals surface area contributed by atoms with Crippen molar-refractivity contribution in [1.29, 1.82) is 0 Å². The van der Waals surface area contributed by atoms with Crippen LogP contribution in [-0.2, 0) is 0 Å². The van der Waals surface area contributed by atoms with Crippen molar-refractivity contribution >= 4 is 38.4 Å². The lowest BCUT2D eigenvalue weighted by molar-refractivity contribution is 0.473. The smallest absolute Gasteiger partial charge is 0.184 e. The SMILES string of the molecule is CSC1CCC(Nc2nc3ccc(C)cc3s2)CC1. The average molecular weight is 292 g/mol. The molecule has 1 aliphatic carbocycles. The molecule has 1 N–H and O–H groups in total. The van der Waals surface area contributed by atoms with E-state index in [1.54, 1.807) is 11.3 Å². The van der Waals surface area contributed by atoms with Crippen LogP contribution in [0, 0.1) is 6.92 Å². The Morgan fingerprint density at radius 3 is 2.79 bits per heavy atom. The zero-order chi connectivity index (χ0) is 13.2. The van der Waals surface area contributed by atoms with Crippen LogP contribution in [0.4, 0.5) is 5.13 Å². The van der Waals surface area contributed by atoms with Gasteiger partial charge in [0.2, 0.25) is 0 Å². The lowest BCUT2D eigenvalue weighted by atomic mass is 9.95. The number of aromatic nitrogens is 1. The summed E-state index contributed by atoms with van der Waals surface area (Å²) in [6.07, 6.45) is 7.46. The minimum Gasteiger partial charge on any atom is -0.359 e. The second-order valence-electron chi connectivity index (χ2n) is 5.34. The molecule has 0 saturated heterocycles. The highest BCUT2D eigenvalue weighted by Crippen LogP contribution is 2.31. The molecule has 0 bridgehead atoms. The minimum absolute atomic E-state index is 0.616. The third-order valence-corrected chi connectivity index (χ3v) is 5.97. The number of aryl methyl sites for hydroxylation is 1. The summed E-state index contributed by atoms with van der Waals surface area (Å²) in [5, 5.41) is 5.59. The van der Waals surface area contributed by atoms with E-state index in [2.05, 4.69) is 41.7 Å². The molecule has 0 spiro atoms. The van der Waals surface area contributed by atoms with E-state index in [9.17, 15) is 0 Å². The van der Waals surface area contributed by atoms with Gasteiger partial charge in [0, 0.05) is 11.3 Å². The first-order valence-electron chi connectivity index (χ1n) is 6.91. The standard InChI is InChI=1S/C15H20N2S2/c1-10-3-8-13-14(9-10)19-15(17-13)16-11-4-6-12(18-2)7-5-11/h3,8-9,11-12H,4-7H2,1-2H3,(H,16,17). The number of anilines is 1. The summed E-state index contributed by atoms with van der Waals surface area (Å²) in [7, 11) is 0. The Morgan fingerprint density at radius 2 is 2.05 bits per heavy atom. The van der Waals surface area contributed by atoms with E-state index in [0.717, 1.165) is 15.9 Å². The van der Waals surface area contributed by atoms with Crippen LogP contribution in [-0.4, -0.2) is 22.5 Å². The van der Waals surface area contributed by atoms with Gasteiger partial charge in [0.1, 0.15) is 0 Å². The molecule has 1 aromatic carbocycles. The van der Waals surface area contributed by atoms with Crippen molar-refractivity contribution in [3.63, 3.8) is 0 Å². The number of rotatable bonds is 3. The van der Waals surface area contributed by atoms with E-state index in [1.165, 1.54) is 35.9 Å². The summed E-state index contributed by atoms with van der Waals surface area (Å²) in [5.74, 6) is 0. The van der Waals surface area contributed by atoms with E-state index in [0.29, 0.717) is 6.04 Å². The number of thioether (sulfide) groups is 1.